The van der Waals surface area contributed by atoms with Crippen molar-refractivity contribution in [3.8, 4) is 0 Å². The Balaban J connectivity index is 0.00000196. The molecule has 0 aromatic heterocycles. The summed E-state index contributed by atoms with van der Waals surface area (Å²) in [6, 6.07) is 9.07. The van der Waals surface area contributed by atoms with Gasteiger partial charge in [0.15, 0.2) is 0 Å². The zero-order valence-corrected chi connectivity index (χ0v) is 16.5. The van der Waals surface area contributed by atoms with Gasteiger partial charge in [-0.3, -0.25) is 9.69 Å². The van der Waals surface area contributed by atoms with E-state index in [4.69, 9.17) is 0 Å². The van der Waals surface area contributed by atoms with E-state index in [0.29, 0.717) is 12.0 Å². The van der Waals surface area contributed by atoms with E-state index in [1.807, 2.05) is 0 Å². The van der Waals surface area contributed by atoms with Gasteiger partial charge in [0.05, 0.1) is 0 Å². The first-order valence-electron chi connectivity index (χ1n) is 10.2. The molecule has 1 atom stereocenters. The molecule has 1 aromatic rings. The molecule has 1 aliphatic carbocycles. The molecule has 4 nitrogen and oxygen atoms in total. The van der Waals surface area contributed by atoms with Crippen molar-refractivity contribution in [2.45, 2.75) is 50.5 Å². The van der Waals surface area contributed by atoms with Crippen LogP contribution >= 0.6 is 12.4 Å². The van der Waals surface area contributed by atoms with E-state index in [1.165, 1.54) is 37.7 Å². The van der Waals surface area contributed by atoms with Gasteiger partial charge in [0.1, 0.15) is 0 Å². The second-order valence-electron chi connectivity index (χ2n) is 7.94. The second kappa shape index (κ2) is 9.20. The molecule has 4 rings (SSSR count). The number of benzene rings is 1. The number of likely N-dealkylation sites (tertiary alicyclic amines) is 1. The minimum absolute atomic E-state index is 0. The fourth-order valence-corrected chi connectivity index (χ4v) is 4.79. The molecule has 1 unspecified atom stereocenters. The number of piperazine rings is 1. The van der Waals surface area contributed by atoms with Gasteiger partial charge in [-0.1, -0.05) is 31.4 Å². The summed E-state index contributed by atoms with van der Waals surface area (Å²) in [5.41, 5.74) is 2.29. The van der Waals surface area contributed by atoms with Crippen LogP contribution in [0.3, 0.4) is 0 Å². The molecular formula is C21H32ClN3O. The molecule has 2 aliphatic heterocycles. The first-order chi connectivity index (χ1) is 12.3. The number of hydrogen-bond donors (Lipinski definition) is 1. The Labute approximate surface area is 163 Å². The number of carbonyl (C=O) groups is 1. The highest BCUT2D eigenvalue weighted by Crippen LogP contribution is 2.32. The largest absolute Gasteiger partial charge is 0.337 e. The standard InChI is InChI=1S/C21H31N3O.ClH/c25-21(24-13-10-20(16-24)23-14-11-22-12-15-23)19-8-6-18(7-9-19)17-4-2-1-3-5-17;/h6-9,17,20,22H,1-5,10-16H2;1H. The monoisotopic (exact) mass is 377 g/mol. The van der Waals surface area contributed by atoms with Gasteiger partial charge in [-0.25, -0.2) is 0 Å². The average molecular weight is 378 g/mol. The first-order valence-corrected chi connectivity index (χ1v) is 10.2. The number of amides is 1. The highest BCUT2D eigenvalue weighted by atomic mass is 35.5. The molecule has 144 valence electrons. The van der Waals surface area contributed by atoms with Gasteiger partial charge in [-0.2, -0.15) is 0 Å². The number of halogens is 1. The summed E-state index contributed by atoms with van der Waals surface area (Å²) in [6.07, 6.45) is 7.83. The quantitative estimate of drug-likeness (QED) is 0.878. The van der Waals surface area contributed by atoms with Gasteiger partial charge in [-0.15, -0.1) is 12.4 Å². The third-order valence-corrected chi connectivity index (χ3v) is 6.35. The maximum Gasteiger partial charge on any atom is 0.253 e. The molecule has 26 heavy (non-hydrogen) atoms. The molecule has 1 N–H and O–H groups in total. The Morgan fingerprint density at radius 3 is 2.31 bits per heavy atom. The van der Waals surface area contributed by atoms with Gasteiger partial charge < -0.3 is 10.2 Å². The van der Waals surface area contributed by atoms with Crippen molar-refractivity contribution in [1.82, 2.24) is 15.1 Å². The molecule has 1 amide bonds. The Bertz CT molecular complexity index is 579. The summed E-state index contributed by atoms with van der Waals surface area (Å²) in [7, 11) is 0. The third-order valence-electron chi connectivity index (χ3n) is 6.35. The van der Waals surface area contributed by atoms with E-state index in [-0.39, 0.29) is 18.3 Å². The highest BCUT2D eigenvalue weighted by molar-refractivity contribution is 5.94. The van der Waals surface area contributed by atoms with Crippen molar-refractivity contribution in [2.24, 2.45) is 0 Å². The molecular weight excluding hydrogens is 346 g/mol. The predicted octanol–water partition coefficient (Wildman–Crippen LogP) is 3.28. The first kappa shape index (κ1) is 19.7. The van der Waals surface area contributed by atoms with Gasteiger partial charge >= 0.3 is 0 Å². The van der Waals surface area contributed by atoms with Crippen molar-refractivity contribution < 1.29 is 4.79 Å². The lowest BCUT2D eigenvalue weighted by Gasteiger charge is -2.32. The smallest absolute Gasteiger partial charge is 0.253 e. The lowest BCUT2D eigenvalue weighted by atomic mass is 9.84. The molecule has 1 aromatic carbocycles. The predicted molar refractivity (Wildman–Crippen MR) is 108 cm³/mol. The minimum atomic E-state index is 0. The normalized spacial score (nSPS) is 25.1. The minimum Gasteiger partial charge on any atom is -0.337 e. The molecule has 0 bridgehead atoms. The molecule has 3 aliphatic rings. The fraction of sp³-hybridized carbons (Fsp3) is 0.667. The van der Waals surface area contributed by atoms with Gasteiger partial charge in [0.2, 0.25) is 0 Å². The van der Waals surface area contributed by atoms with Gasteiger partial charge in [0, 0.05) is 50.9 Å². The summed E-state index contributed by atoms with van der Waals surface area (Å²) in [4.78, 5) is 17.5. The van der Waals surface area contributed by atoms with Crippen LogP contribution < -0.4 is 5.32 Å². The molecule has 2 heterocycles. The topological polar surface area (TPSA) is 35.6 Å². The molecule has 1 saturated carbocycles. The average Bonchev–Trinajstić information content (AvgIpc) is 3.19. The van der Waals surface area contributed by atoms with E-state index >= 15 is 0 Å². The highest BCUT2D eigenvalue weighted by Gasteiger charge is 2.31. The number of hydrogen-bond acceptors (Lipinski definition) is 3. The van der Waals surface area contributed by atoms with Crippen molar-refractivity contribution in [3.05, 3.63) is 35.4 Å². The third kappa shape index (κ3) is 4.41. The van der Waals surface area contributed by atoms with E-state index in [9.17, 15) is 4.79 Å². The Morgan fingerprint density at radius 1 is 0.923 bits per heavy atom. The van der Waals surface area contributed by atoms with Gasteiger partial charge in [-0.05, 0) is 42.9 Å². The summed E-state index contributed by atoms with van der Waals surface area (Å²) in [6.45, 7) is 6.17. The summed E-state index contributed by atoms with van der Waals surface area (Å²) in [5, 5.41) is 3.41. The van der Waals surface area contributed by atoms with Crippen molar-refractivity contribution in [1.29, 1.82) is 0 Å². The summed E-state index contributed by atoms with van der Waals surface area (Å²) in [5.74, 6) is 0.926. The Kier molecular flexibility index (Phi) is 6.96. The van der Waals surface area contributed by atoms with Crippen LogP contribution in [0.2, 0.25) is 0 Å². The number of carbonyl (C=O) groups excluding carboxylic acids is 1. The molecule has 5 heteroatoms. The lowest BCUT2D eigenvalue weighted by molar-refractivity contribution is 0.0773. The van der Waals surface area contributed by atoms with Gasteiger partial charge in [0.25, 0.3) is 5.91 Å². The lowest BCUT2D eigenvalue weighted by Crippen LogP contribution is -2.49. The van der Waals surface area contributed by atoms with Crippen molar-refractivity contribution in [3.63, 3.8) is 0 Å². The molecule has 0 radical (unpaired) electrons. The van der Waals surface area contributed by atoms with Crippen LogP contribution in [0.1, 0.15) is 60.4 Å². The van der Waals surface area contributed by atoms with Crippen LogP contribution in [-0.4, -0.2) is 61.0 Å². The van der Waals surface area contributed by atoms with E-state index in [2.05, 4.69) is 39.4 Å². The van der Waals surface area contributed by atoms with Crippen LogP contribution in [0.15, 0.2) is 24.3 Å². The van der Waals surface area contributed by atoms with Crippen LogP contribution in [-0.2, 0) is 0 Å². The van der Waals surface area contributed by atoms with Crippen molar-refractivity contribution in [2.75, 3.05) is 39.3 Å². The van der Waals surface area contributed by atoms with Crippen LogP contribution in [0.4, 0.5) is 0 Å². The molecule has 0 spiro atoms. The summed E-state index contributed by atoms with van der Waals surface area (Å²) < 4.78 is 0. The van der Waals surface area contributed by atoms with Crippen LogP contribution in [0.5, 0.6) is 0 Å². The molecule has 2 saturated heterocycles. The maximum atomic E-state index is 12.9. The van der Waals surface area contributed by atoms with Crippen LogP contribution in [0, 0.1) is 0 Å². The number of nitrogens with one attached hydrogen (secondary N) is 1. The molecule has 3 fully saturated rings. The van der Waals surface area contributed by atoms with E-state index in [0.717, 1.165) is 51.3 Å². The van der Waals surface area contributed by atoms with E-state index < -0.39 is 0 Å². The Hall–Kier alpha value is -1.10. The zero-order chi connectivity index (χ0) is 17.1. The number of nitrogens with zero attached hydrogens (tertiary/aromatic N) is 2. The Morgan fingerprint density at radius 2 is 1.62 bits per heavy atom. The zero-order valence-electron chi connectivity index (χ0n) is 15.7. The maximum absolute atomic E-state index is 12.9. The van der Waals surface area contributed by atoms with E-state index in [1.54, 1.807) is 0 Å². The SMILES string of the molecule is Cl.O=C(c1ccc(C2CCCCC2)cc1)N1CCC(N2CCNCC2)C1. The second-order valence-corrected chi connectivity index (χ2v) is 7.94. The van der Waals surface area contributed by atoms with Crippen LogP contribution in [0.25, 0.3) is 0 Å². The van der Waals surface area contributed by atoms with Crippen molar-refractivity contribution >= 4 is 18.3 Å². The number of rotatable bonds is 3. The summed E-state index contributed by atoms with van der Waals surface area (Å²) >= 11 is 0. The fourth-order valence-electron chi connectivity index (χ4n) is 4.79.